The van der Waals surface area contributed by atoms with Crippen molar-refractivity contribution in [3.63, 3.8) is 0 Å². The van der Waals surface area contributed by atoms with Gasteiger partial charge in [0.1, 0.15) is 11.6 Å². The number of halogens is 1. The van der Waals surface area contributed by atoms with Crippen molar-refractivity contribution in [2.75, 3.05) is 51.1 Å². The maximum Gasteiger partial charge on any atom is 0.257 e. The predicted octanol–water partition coefficient (Wildman–Crippen LogP) is 2.73. The van der Waals surface area contributed by atoms with Crippen LogP contribution in [0.3, 0.4) is 0 Å². The Bertz CT molecular complexity index is 924. The third-order valence-electron chi connectivity index (χ3n) is 5.89. The molecule has 2 amide bonds. The molecule has 164 valence electrons. The van der Waals surface area contributed by atoms with E-state index in [-0.39, 0.29) is 17.5 Å². The average molecular weight is 426 g/mol. The maximum atomic E-state index is 14.0. The van der Waals surface area contributed by atoms with Crippen molar-refractivity contribution in [2.24, 2.45) is 0 Å². The lowest BCUT2D eigenvalue weighted by Gasteiger charge is -2.36. The Labute approximate surface area is 181 Å². The minimum absolute atomic E-state index is 0.144. The van der Waals surface area contributed by atoms with Gasteiger partial charge < -0.3 is 15.1 Å². The summed E-state index contributed by atoms with van der Waals surface area (Å²) in [6.07, 6.45) is 4.95. The van der Waals surface area contributed by atoms with Gasteiger partial charge >= 0.3 is 0 Å². The Morgan fingerprint density at radius 1 is 0.903 bits per heavy atom. The molecule has 0 radical (unpaired) electrons. The summed E-state index contributed by atoms with van der Waals surface area (Å²) >= 11 is 0. The van der Waals surface area contributed by atoms with E-state index in [4.69, 9.17) is 0 Å². The van der Waals surface area contributed by atoms with E-state index in [1.807, 2.05) is 4.90 Å². The number of hydrogen-bond acceptors (Lipinski definition) is 5. The van der Waals surface area contributed by atoms with Crippen LogP contribution in [0.2, 0.25) is 0 Å². The summed E-state index contributed by atoms with van der Waals surface area (Å²) in [6.45, 7) is 4.52. The first-order valence-corrected chi connectivity index (χ1v) is 10.9. The van der Waals surface area contributed by atoms with Crippen LogP contribution in [0.25, 0.3) is 0 Å². The van der Waals surface area contributed by atoms with Gasteiger partial charge in [0.2, 0.25) is 5.91 Å². The first-order chi connectivity index (χ1) is 15.1. The van der Waals surface area contributed by atoms with Gasteiger partial charge in [0.05, 0.1) is 17.8 Å². The standard InChI is InChI=1S/C23H28FN5O2/c24-19-8-2-3-9-20(19)26-22-18(7-6-10-25-22)23(31)29-15-13-27(14-16-29)17-21(30)28-11-4-1-5-12-28/h2-3,6-10H,1,4-5,11-17H2,(H,25,26). The molecule has 2 saturated heterocycles. The fourth-order valence-corrected chi connectivity index (χ4v) is 4.08. The fraction of sp³-hybridized carbons (Fsp3) is 0.435. The van der Waals surface area contributed by atoms with Crippen LogP contribution in [0.15, 0.2) is 42.6 Å². The number of amides is 2. The number of hydrogen-bond donors (Lipinski definition) is 1. The summed E-state index contributed by atoms with van der Waals surface area (Å²) < 4.78 is 14.0. The van der Waals surface area contributed by atoms with Gasteiger partial charge in [0.25, 0.3) is 5.91 Å². The molecule has 7 nitrogen and oxygen atoms in total. The average Bonchev–Trinajstić information content (AvgIpc) is 2.81. The van der Waals surface area contributed by atoms with Gasteiger partial charge in [0, 0.05) is 45.5 Å². The molecular formula is C23H28FN5O2. The third kappa shape index (κ3) is 5.19. The van der Waals surface area contributed by atoms with Gasteiger partial charge in [-0.2, -0.15) is 0 Å². The summed E-state index contributed by atoms with van der Waals surface area (Å²) in [5.41, 5.74) is 0.680. The molecule has 2 fully saturated rings. The first-order valence-electron chi connectivity index (χ1n) is 10.9. The van der Waals surface area contributed by atoms with Crippen LogP contribution in [0.1, 0.15) is 29.6 Å². The van der Waals surface area contributed by atoms with Crippen molar-refractivity contribution in [1.29, 1.82) is 0 Å². The van der Waals surface area contributed by atoms with Crippen molar-refractivity contribution in [2.45, 2.75) is 19.3 Å². The van der Waals surface area contributed by atoms with Gasteiger partial charge in [-0.15, -0.1) is 0 Å². The predicted molar refractivity (Wildman–Crippen MR) is 117 cm³/mol. The van der Waals surface area contributed by atoms with Crippen LogP contribution in [-0.4, -0.2) is 77.3 Å². The molecular weight excluding hydrogens is 397 g/mol. The Hall–Kier alpha value is -3.00. The smallest absolute Gasteiger partial charge is 0.257 e. The van der Waals surface area contributed by atoms with E-state index in [0.717, 1.165) is 25.9 Å². The van der Waals surface area contributed by atoms with E-state index in [0.29, 0.717) is 44.1 Å². The molecule has 1 aromatic heterocycles. The van der Waals surface area contributed by atoms with Crippen LogP contribution in [0.4, 0.5) is 15.9 Å². The minimum Gasteiger partial charge on any atom is -0.342 e. The zero-order valence-corrected chi connectivity index (χ0v) is 17.6. The number of nitrogens with zero attached hydrogens (tertiary/aromatic N) is 4. The zero-order valence-electron chi connectivity index (χ0n) is 17.6. The number of anilines is 2. The van der Waals surface area contributed by atoms with Gasteiger partial charge in [-0.05, 0) is 43.5 Å². The molecule has 4 rings (SSSR count). The first kappa shape index (κ1) is 21.2. The van der Waals surface area contributed by atoms with E-state index < -0.39 is 5.82 Å². The Morgan fingerprint density at radius 2 is 1.65 bits per heavy atom. The topological polar surface area (TPSA) is 68.8 Å². The van der Waals surface area contributed by atoms with Gasteiger partial charge in [-0.1, -0.05) is 12.1 Å². The Kier molecular flexibility index (Phi) is 6.76. The van der Waals surface area contributed by atoms with Crippen LogP contribution < -0.4 is 5.32 Å². The molecule has 0 aliphatic carbocycles. The second kappa shape index (κ2) is 9.87. The molecule has 8 heteroatoms. The number of benzene rings is 1. The highest BCUT2D eigenvalue weighted by atomic mass is 19.1. The number of para-hydroxylation sites is 1. The summed E-state index contributed by atoms with van der Waals surface area (Å²) in [5, 5.41) is 2.94. The van der Waals surface area contributed by atoms with Gasteiger partial charge in [0.15, 0.2) is 0 Å². The molecule has 0 atom stereocenters. The molecule has 31 heavy (non-hydrogen) atoms. The molecule has 0 saturated carbocycles. The Morgan fingerprint density at radius 3 is 2.39 bits per heavy atom. The number of pyridine rings is 1. The van der Waals surface area contributed by atoms with Crippen LogP contribution in [0.5, 0.6) is 0 Å². The van der Waals surface area contributed by atoms with Crippen molar-refractivity contribution >= 4 is 23.3 Å². The minimum atomic E-state index is -0.404. The highest BCUT2D eigenvalue weighted by Crippen LogP contribution is 2.22. The number of likely N-dealkylation sites (tertiary alicyclic amines) is 1. The number of piperazine rings is 1. The molecule has 2 aromatic rings. The second-order valence-corrected chi connectivity index (χ2v) is 8.01. The van der Waals surface area contributed by atoms with E-state index in [1.165, 1.54) is 12.5 Å². The van der Waals surface area contributed by atoms with Crippen molar-refractivity contribution in [1.82, 2.24) is 19.7 Å². The third-order valence-corrected chi connectivity index (χ3v) is 5.89. The molecule has 0 unspecified atom stereocenters. The zero-order chi connectivity index (χ0) is 21.6. The van der Waals surface area contributed by atoms with Crippen LogP contribution >= 0.6 is 0 Å². The van der Waals surface area contributed by atoms with Gasteiger partial charge in [-0.3, -0.25) is 14.5 Å². The molecule has 1 aromatic carbocycles. The monoisotopic (exact) mass is 425 g/mol. The number of carbonyl (C=O) groups excluding carboxylic acids is 2. The lowest BCUT2D eigenvalue weighted by atomic mass is 10.1. The van der Waals surface area contributed by atoms with Crippen LogP contribution in [-0.2, 0) is 4.79 Å². The molecule has 2 aliphatic rings. The number of nitrogens with one attached hydrogen (secondary N) is 1. The highest BCUT2D eigenvalue weighted by molar-refractivity contribution is 5.99. The van der Waals surface area contributed by atoms with E-state index in [2.05, 4.69) is 15.2 Å². The van der Waals surface area contributed by atoms with Crippen LogP contribution in [0, 0.1) is 5.82 Å². The Balaban J connectivity index is 1.36. The summed E-state index contributed by atoms with van der Waals surface area (Å²) in [6, 6.07) is 9.70. The molecule has 0 bridgehead atoms. The lowest BCUT2D eigenvalue weighted by Crippen LogP contribution is -2.52. The van der Waals surface area contributed by atoms with Crippen molar-refractivity contribution in [3.05, 3.63) is 54.0 Å². The maximum absolute atomic E-state index is 14.0. The van der Waals surface area contributed by atoms with E-state index in [1.54, 1.807) is 41.4 Å². The highest BCUT2D eigenvalue weighted by Gasteiger charge is 2.26. The van der Waals surface area contributed by atoms with E-state index in [9.17, 15) is 14.0 Å². The SMILES string of the molecule is O=C(CN1CCN(C(=O)c2cccnc2Nc2ccccc2F)CC1)N1CCCCC1. The van der Waals surface area contributed by atoms with E-state index >= 15 is 0 Å². The summed E-state index contributed by atoms with van der Waals surface area (Å²) in [4.78, 5) is 35.7. The normalized spacial score (nSPS) is 17.5. The number of rotatable bonds is 5. The largest absolute Gasteiger partial charge is 0.342 e. The molecule has 1 N–H and O–H groups in total. The summed E-state index contributed by atoms with van der Waals surface area (Å²) in [7, 11) is 0. The number of carbonyl (C=O) groups is 2. The molecule has 0 spiro atoms. The quantitative estimate of drug-likeness (QED) is 0.798. The van der Waals surface area contributed by atoms with Gasteiger partial charge in [-0.25, -0.2) is 9.37 Å². The number of piperidine rings is 1. The summed E-state index contributed by atoms with van der Waals surface area (Å²) in [5.74, 6) is -0.0316. The van der Waals surface area contributed by atoms with Crippen molar-refractivity contribution < 1.29 is 14.0 Å². The molecule has 3 heterocycles. The van der Waals surface area contributed by atoms with Crippen molar-refractivity contribution in [3.8, 4) is 0 Å². The lowest BCUT2D eigenvalue weighted by molar-refractivity contribution is -0.133. The second-order valence-electron chi connectivity index (χ2n) is 8.01. The number of aromatic nitrogens is 1. The molecule has 2 aliphatic heterocycles. The fourth-order valence-electron chi connectivity index (χ4n) is 4.08.